The summed E-state index contributed by atoms with van der Waals surface area (Å²) in [6.07, 6.45) is 7.13. The largest absolute Gasteiger partial charge is 0.508 e. The van der Waals surface area contributed by atoms with Gasteiger partial charge >= 0.3 is 6.03 Å². The van der Waals surface area contributed by atoms with Gasteiger partial charge in [-0.1, -0.05) is 25.5 Å². The van der Waals surface area contributed by atoms with Crippen LogP contribution in [-0.4, -0.2) is 28.6 Å². The molecular weight excluding hydrogens is 276 g/mol. The molecule has 1 aromatic carbocycles. The van der Waals surface area contributed by atoms with Crippen molar-refractivity contribution in [2.75, 3.05) is 6.54 Å². The average molecular weight is 302 g/mol. The zero-order valence-corrected chi connectivity index (χ0v) is 13.3. The maximum atomic E-state index is 12.6. The van der Waals surface area contributed by atoms with E-state index in [9.17, 15) is 9.90 Å². The number of phenolic OH excluding ortho intramolecular Hbond substituents is 1. The molecule has 2 fully saturated rings. The Labute approximate surface area is 132 Å². The third-order valence-corrected chi connectivity index (χ3v) is 5.32. The van der Waals surface area contributed by atoms with Crippen LogP contribution in [-0.2, 0) is 6.54 Å². The van der Waals surface area contributed by atoms with E-state index in [0.717, 1.165) is 31.4 Å². The monoisotopic (exact) mass is 302 g/mol. The summed E-state index contributed by atoms with van der Waals surface area (Å²) in [4.78, 5) is 14.5. The number of aromatic hydroxyl groups is 1. The Morgan fingerprint density at radius 1 is 1.32 bits per heavy atom. The van der Waals surface area contributed by atoms with Gasteiger partial charge in [0.2, 0.25) is 0 Å². The predicted octanol–water partition coefficient (Wildman–Crippen LogP) is 3.65. The van der Waals surface area contributed by atoms with Crippen LogP contribution in [0.3, 0.4) is 0 Å². The molecule has 0 radical (unpaired) electrons. The summed E-state index contributed by atoms with van der Waals surface area (Å²) in [5, 5.41) is 12.5. The molecule has 2 aliphatic carbocycles. The van der Waals surface area contributed by atoms with Crippen LogP contribution in [0.4, 0.5) is 4.79 Å². The Balaban J connectivity index is 1.58. The van der Waals surface area contributed by atoms with Crippen LogP contribution >= 0.6 is 0 Å². The van der Waals surface area contributed by atoms with E-state index < -0.39 is 0 Å². The molecule has 2 saturated carbocycles. The minimum Gasteiger partial charge on any atom is -0.508 e. The SMILES string of the molecule is CCC1(CNC(=O)N(Cc2ccc(O)cc2)C2CC2)CCC1. The van der Waals surface area contributed by atoms with Crippen molar-refractivity contribution in [2.45, 2.75) is 58.0 Å². The molecule has 22 heavy (non-hydrogen) atoms. The van der Waals surface area contributed by atoms with E-state index in [0.29, 0.717) is 18.0 Å². The topological polar surface area (TPSA) is 52.6 Å². The third-order valence-electron chi connectivity index (χ3n) is 5.32. The molecule has 1 aromatic rings. The minimum absolute atomic E-state index is 0.0651. The number of carbonyl (C=O) groups excluding carboxylic acids is 1. The van der Waals surface area contributed by atoms with E-state index >= 15 is 0 Å². The Morgan fingerprint density at radius 2 is 2.00 bits per heavy atom. The van der Waals surface area contributed by atoms with E-state index in [1.807, 2.05) is 17.0 Å². The van der Waals surface area contributed by atoms with Gasteiger partial charge in [-0.25, -0.2) is 4.79 Å². The van der Waals surface area contributed by atoms with Crippen molar-refractivity contribution in [3.63, 3.8) is 0 Å². The first kappa shape index (κ1) is 15.2. The quantitative estimate of drug-likeness (QED) is 0.843. The number of benzene rings is 1. The third kappa shape index (κ3) is 3.37. The van der Waals surface area contributed by atoms with Crippen LogP contribution in [0.5, 0.6) is 5.75 Å². The van der Waals surface area contributed by atoms with E-state index in [1.54, 1.807) is 12.1 Å². The van der Waals surface area contributed by atoms with Crippen LogP contribution in [0.25, 0.3) is 0 Å². The molecule has 2 N–H and O–H groups in total. The van der Waals surface area contributed by atoms with Crippen molar-refractivity contribution < 1.29 is 9.90 Å². The lowest BCUT2D eigenvalue weighted by Crippen LogP contribution is -2.47. The van der Waals surface area contributed by atoms with Crippen molar-refractivity contribution in [1.29, 1.82) is 0 Å². The number of rotatable bonds is 6. The molecule has 2 aliphatic rings. The highest BCUT2D eigenvalue weighted by Crippen LogP contribution is 2.43. The molecule has 0 bridgehead atoms. The van der Waals surface area contributed by atoms with Gasteiger partial charge in [0, 0.05) is 19.1 Å². The molecule has 3 rings (SSSR count). The van der Waals surface area contributed by atoms with Crippen LogP contribution in [0.1, 0.15) is 51.0 Å². The molecular formula is C18H26N2O2. The van der Waals surface area contributed by atoms with Crippen LogP contribution in [0, 0.1) is 5.41 Å². The zero-order valence-electron chi connectivity index (χ0n) is 13.3. The second kappa shape index (κ2) is 6.19. The summed E-state index contributed by atoms with van der Waals surface area (Å²) in [5.74, 6) is 0.265. The summed E-state index contributed by atoms with van der Waals surface area (Å²) in [6, 6.07) is 7.58. The lowest BCUT2D eigenvalue weighted by Gasteiger charge is -2.41. The fraction of sp³-hybridized carbons (Fsp3) is 0.611. The lowest BCUT2D eigenvalue weighted by molar-refractivity contribution is 0.119. The highest BCUT2D eigenvalue weighted by atomic mass is 16.3. The molecule has 4 heteroatoms. The second-order valence-electron chi connectivity index (χ2n) is 6.89. The minimum atomic E-state index is 0.0651. The Kier molecular flexibility index (Phi) is 4.27. The molecule has 2 amide bonds. The number of nitrogens with zero attached hydrogens (tertiary/aromatic N) is 1. The first-order valence-corrected chi connectivity index (χ1v) is 8.44. The Bertz CT molecular complexity index is 513. The van der Waals surface area contributed by atoms with Gasteiger partial charge < -0.3 is 15.3 Å². The van der Waals surface area contributed by atoms with Gasteiger partial charge in [0.1, 0.15) is 5.75 Å². The standard InChI is InChI=1S/C18H26N2O2/c1-2-18(10-3-11-18)13-19-17(22)20(15-6-7-15)12-14-4-8-16(21)9-5-14/h4-5,8-9,15,21H,2-3,6-7,10-13H2,1H3,(H,19,22). The maximum Gasteiger partial charge on any atom is 0.317 e. The number of nitrogens with one attached hydrogen (secondary N) is 1. The first-order valence-electron chi connectivity index (χ1n) is 8.44. The molecule has 4 nitrogen and oxygen atoms in total. The number of hydrogen-bond donors (Lipinski definition) is 2. The zero-order chi connectivity index (χ0) is 15.6. The summed E-state index contributed by atoms with van der Waals surface area (Å²) in [5.41, 5.74) is 1.41. The average Bonchev–Trinajstić information content (AvgIpc) is 3.30. The van der Waals surface area contributed by atoms with Gasteiger partial charge in [-0.2, -0.15) is 0 Å². The van der Waals surface area contributed by atoms with Gasteiger partial charge in [-0.05, 0) is 55.2 Å². The van der Waals surface area contributed by atoms with E-state index in [2.05, 4.69) is 12.2 Å². The van der Waals surface area contributed by atoms with Crippen LogP contribution in [0.15, 0.2) is 24.3 Å². The molecule has 0 atom stereocenters. The number of amides is 2. The van der Waals surface area contributed by atoms with Crippen molar-refractivity contribution in [2.24, 2.45) is 5.41 Å². The van der Waals surface area contributed by atoms with Crippen molar-refractivity contribution in [1.82, 2.24) is 10.2 Å². The van der Waals surface area contributed by atoms with Gasteiger partial charge in [0.05, 0.1) is 0 Å². The smallest absolute Gasteiger partial charge is 0.317 e. The highest BCUT2D eigenvalue weighted by molar-refractivity contribution is 5.75. The Hall–Kier alpha value is -1.71. The van der Waals surface area contributed by atoms with Gasteiger partial charge in [0.25, 0.3) is 0 Å². The first-order chi connectivity index (χ1) is 10.6. The second-order valence-corrected chi connectivity index (χ2v) is 6.89. The summed E-state index contributed by atoms with van der Waals surface area (Å²) < 4.78 is 0. The predicted molar refractivity (Wildman–Crippen MR) is 86.6 cm³/mol. The number of phenols is 1. The van der Waals surface area contributed by atoms with Crippen molar-refractivity contribution >= 4 is 6.03 Å². The summed E-state index contributed by atoms with van der Waals surface area (Å²) >= 11 is 0. The molecule has 0 aromatic heterocycles. The van der Waals surface area contributed by atoms with Crippen molar-refractivity contribution in [3.05, 3.63) is 29.8 Å². The molecule has 0 aliphatic heterocycles. The highest BCUT2D eigenvalue weighted by Gasteiger charge is 2.37. The number of carbonyl (C=O) groups is 1. The molecule has 0 heterocycles. The van der Waals surface area contributed by atoms with Crippen molar-refractivity contribution in [3.8, 4) is 5.75 Å². The fourth-order valence-electron chi connectivity index (χ4n) is 3.25. The lowest BCUT2D eigenvalue weighted by atomic mass is 9.67. The van der Waals surface area contributed by atoms with E-state index in [4.69, 9.17) is 0 Å². The summed E-state index contributed by atoms with van der Waals surface area (Å²) in [7, 11) is 0. The van der Waals surface area contributed by atoms with Gasteiger partial charge in [-0.3, -0.25) is 0 Å². The molecule has 120 valence electrons. The Morgan fingerprint density at radius 3 is 2.50 bits per heavy atom. The molecule has 0 unspecified atom stereocenters. The molecule has 0 saturated heterocycles. The maximum absolute atomic E-state index is 12.6. The number of urea groups is 1. The summed E-state index contributed by atoms with van der Waals surface area (Å²) in [6.45, 7) is 3.65. The normalized spacial score (nSPS) is 19.3. The van der Waals surface area contributed by atoms with Crippen LogP contribution in [0.2, 0.25) is 0 Å². The van der Waals surface area contributed by atoms with Gasteiger partial charge in [0.15, 0.2) is 0 Å². The van der Waals surface area contributed by atoms with Gasteiger partial charge in [-0.15, -0.1) is 0 Å². The molecule has 0 spiro atoms. The van der Waals surface area contributed by atoms with Crippen LogP contribution < -0.4 is 5.32 Å². The number of hydrogen-bond acceptors (Lipinski definition) is 2. The van der Waals surface area contributed by atoms with E-state index in [-0.39, 0.29) is 11.8 Å². The fourth-order valence-corrected chi connectivity index (χ4v) is 3.25. The van der Waals surface area contributed by atoms with E-state index in [1.165, 1.54) is 19.3 Å².